The second-order valence-electron chi connectivity index (χ2n) is 5.56. The number of ether oxygens (including phenoxy) is 1. The highest BCUT2D eigenvalue weighted by Gasteiger charge is 2.08. The average molecular weight is 291 g/mol. The molecule has 0 saturated carbocycles. The molecule has 1 aromatic rings. The Hall–Kier alpha value is -1.55. The van der Waals surface area contributed by atoms with Gasteiger partial charge in [0.2, 0.25) is 0 Å². The number of nitrogens with zero attached hydrogens (tertiary/aromatic N) is 1. The lowest BCUT2D eigenvalue weighted by molar-refractivity contribution is 0.134. The predicted octanol–water partition coefficient (Wildman–Crippen LogP) is 2.93. The fourth-order valence-electron chi connectivity index (χ4n) is 1.74. The quantitative estimate of drug-likeness (QED) is 0.600. The maximum absolute atomic E-state index is 5.40. The van der Waals surface area contributed by atoms with Crippen molar-refractivity contribution in [3.8, 4) is 0 Å². The number of nitrogens with one attached hydrogen (secondary N) is 2. The second-order valence-corrected chi connectivity index (χ2v) is 5.56. The van der Waals surface area contributed by atoms with E-state index in [0.717, 1.165) is 19.1 Å². The van der Waals surface area contributed by atoms with Gasteiger partial charge in [0.05, 0.1) is 6.61 Å². The normalized spacial score (nSPS) is 13.3. The highest BCUT2D eigenvalue weighted by atomic mass is 16.5. The van der Waals surface area contributed by atoms with Crippen molar-refractivity contribution in [1.82, 2.24) is 10.6 Å². The Bertz CT molecular complexity index is 426. The Morgan fingerprint density at radius 3 is 2.29 bits per heavy atom. The van der Waals surface area contributed by atoms with Gasteiger partial charge in [-0.15, -0.1) is 0 Å². The minimum Gasteiger partial charge on any atom is -0.377 e. The highest BCUT2D eigenvalue weighted by molar-refractivity contribution is 5.79. The first-order valence-corrected chi connectivity index (χ1v) is 7.69. The van der Waals surface area contributed by atoms with Crippen LogP contribution in [0, 0.1) is 5.92 Å². The third-order valence-corrected chi connectivity index (χ3v) is 3.54. The molecule has 0 bridgehead atoms. The van der Waals surface area contributed by atoms with Crippen LogP contribution in [0.15, 0.2) is 29.3 Å². The van der Waals surface area contributed by atoms with Crippen molar-refractivity contribution in [2.24, 2.45) is 10.9 Å². The molecule has 0 aliphatic rings. The zero-order valence-electron chi connectivity index (χ0n) is 13.9. The highest BCUT2D eigenvalue weighted by Crippen LogP contribution is 2.06. The molecule has 1 atom stereocenters. The van der Waals surface area contributed by atoms with Crippen LogP contribution >= 0.6 is 0 Å². The van der Waals surface area contributed by atoms with Crippen molar-refractivity contribution in [2.75, 3.05) is 13.7 Å². The summed E-state index contributed by atoms with van der Waals surface area (Å²) in [5.41, 5.74) is 2.44. The summed E-state index contributed by atoms with van der Waals surface area (Å²) < 4.78 is 5.40. The lowest BCUT2D eigenvalue weighted by Gasteiger charge is -2.20. The molecule has 4 nitrogen and oxygen atoms in total. The van der Waals surface area contributed by atoms with E-state index >= 15 is 0 Å². The summed E-state index contributed by atoms with van der Waals surface area (Å²) in [5, 5.41) is 6.74. The maximum Gasteiger partial charge on any atom is 0.191 e. The van der Waals surface area contributed by atoms with Crippen LogP contribution in [0.5, 0.6) is 0 Å². The van der Waals surface area contributed by atoms with Gasteiger partial charge in [-0.3, -0.25) is 4.99 Å². The summed E-state index contributed by atoms with van der Waals surface area (Å²) in [7, 11) is 1.80. The first-order chi connectivity index (χ1) is 10.1. The standard InChI is InChI=1S/C17H29N3O/c1-6-21-12-16-9-7-15(8-10-16)11-19-17(18-5)20-14(4)13(2)3/h7-10,13-14H,6,11-12H2,1-5H3,(H2,18,19,20). The first kappa shape index (κ1) is 17.5. The Balaban J connectivity index is 2.46. The molecule has 1 rings (SSSR count). The van der Waals surface area contributed by atoms with Crippen LogP contribution in [0.25, 0.3) is 0 Å². The van der Waals surface area contributed by atoms with Gasteiger partial charge in [0.1, 0.15) is 0 Å². The number of benzene rings is 1. The summed E-state index contributed by atoms with van der Waals surface area (Å²) in [6.45, 7) is 10.8. The van der Waals surface area contributed by atoms with E-state index in [1.807, 2.05) is 6.92 Å². The molecule has 1 aromatic carbocycles. The van der Waals surface area contributed by atoms with E-state index in [-0.39, 0.29) is 0 Å². The van der Waals surface area contributed by atoms with Crippen molar-refractivity contribution in [1.29, 1.82) is 0 Å². The largest absolute Gasteiger partial charge is 0.377 e. The molecule has 0 radical (unpaired) electrons. The van der Waals surface area contributed by atoms with Crippen LogP contribution in [0.2, 0.25) is 0 Å². The average Bonchev–Trinajstić information content (AvgIpc) is 2.50. The van der Waals surface area contributed by atoms with E-state index in [1.54, 1.807) is 7.05 Å². The van der Waals surface area contributed by atoms with Crippen molar-refractivity contribution < 1.29 is 4.74 Å². The predicted molar refractivity (Wildman–Crippen MR) is 89.4 cm³/mol. The van der Waals surface area contributed by atoms with Crippen molar-refractivity contribution in [2.45, 2.75) is 46.9 Å². The number of rotatable bonds is 7. The minimum atomic E-state index is 0.393. The van der Waals surface area contributed by atoms with Crippen molar-refractivity contribution in [3.05, 3.63) is 35.4 Å². The zero-order valence-corrected chi connectivity index (χ0v) is 13.9. The number of hydrogen-bond donors (Lipinski definition) is 2. The second kappa shape index (κ2) is 9.40. The monoisotopic (exact) mass is 291 g/mol. The SMILES string of the molecule is CCOCc1ccc(CNC(=NC)NC(C)C(C)C)cc1. The third kappa shape index (κ3) is 6.63. The molecule has 2 N–H and O–H groups in total. The van der Waals surface area contributed by atoms with Gasteiger partial charge in [-0.2, -0.15) is 0 Å². The fraction of sp³-hybridized carbons (Fsp3) is 0.588. The van der Waals surface area contributed by atoms with E-state index < -0.39 is 0 Å². The first-order valence-electron chi connectivity index (χ1n) is 7.69. The molecule has 0 aliphatic heterocycles. The zero-order chi connectivity index (χ0) is 15.7. The molecule has 0 heterocycles. The van der Waals surface area contributed by atoms with E-state index in [4.69, 9.17) is 4.74 Å². The van der Waals surface area contributed by atoms with Crippen LogP contribution in [-0.4, -0.2) is 25.7 Å². The van der Waals surface area contributed by atoms with E-state index in [2.05, 4.69) is 60.7 Å². The van der Waals surface area contributed by atoms with Gasteiger partial charge < -0.3 is 15.4 Å². The van der Waals surface area contributed by atoms with Gasteiger partial charge in [-0.05, 0) is 30.9 Å². The molecular weight excluding hydrogens is 262 g/mol. The summed E-state index contributed by atoms with van der Waals surface area (Å²) in [6, 6.07) is 8.87. The molecule has 0 amide bonds. The van der Waals surface area contributed by atoms with Crippen LogP contribution in [0.4, 0.5) is 0 Å². The van der Waals surface area contributed by atoms with Crippen LogP contribution < -0.4 is 10.6 Å². The Labute approximate surface area is 129 Å². The van der Waals surface area contributed by atoms with Crippen LogP contribution in [-0.2, 0) is 17.9 Å². The Morgan fingerprint density at radius 1 is 1.14 bits per heavy atom. The van der Waals surface area contributed by atoms with Crippen molar-refractivity contribution >= 4 is 5.96 Å². The lowest BCUT2D eigenvalue weighted by atomic mass is 10.1. The van der Waals surface area contributed by atoms with Gasteiger partial charge in [-0.25, -0.2) is 0 Å². The van der Waals surface area contributed by atoms with E-state index in [9.17, 15) is 0 Å². The molecule has 118 valence electrons. The van der Waals surface area contributed by atoms with Gasteiger partial charge in [-0.1, -0.05) is 38.1 Å². The summed E-state index contributed by atoms with van der Waals surface area (Å²) in [4.78, 5) is 4.26. The molecule has 21 heavy (non-hydrogen) atoms. The van der Waals surface area contributed by atoms with Gasteiger partial charge in [0, 0.05) is 26.2 Å². The molecule has 0 aromatic heterocycles. The van der Waals surface area contributed by atoms with Crippen molar-refractivity contribution in [3.63, 3.8) is 0 Å². The topological polar surface area (TPSA) is 45.6 Å². The molecule has 0 fully saturated rings. The number of hydrogen-bond acceptors (Lipinski definition) is 2. The summed E-state index contributed by atoms with van der Waals surface area (Å²) in [5.74, 6) is 1.41. The number of guanidine groups is 1. The van der Waals surface area contributed by atoms with Crippen LogP contribution in [0.1, 0.15) is 38.8 Å². The number of aliphatic imine (C=N–C) groups is 1. The third-order valence-electron chi connectivity index (χ3n) is 3.54. The van der Waals surface area contributed by atoms with Crippen LogP contribution in [0.3, 0.4) is 0 Å². The molecular formula is C17H29N3O. The minimum absolute atomic E-state index is 0.393. The Kier molecular flexibility index (Phi) is 7.83. The summed E-state index contributed by atoms with van der Waals surface area (Å²) in [6.07, 6.45) is 0. The molecule has 1 unspecified atom stereocenters. The maximum atomic E-state index is 5.40. The van der Waals surface area contributed by atoms with Gasteiger partial charge in [0.15, 0.2) is 5.96 Å². The molecule has 4 heteroatoms. The smallest absolute Gasteiger partial charge is 0.191 e. The van der Waals surface area contributed by atoms with E-state index in [1.165, 1.54) is 11.1 Å². The molecule has 0 saturated heterocycles. The molecule has 0 aliphatic carbocycles. The lowest BCUT2D eigenvalue weighted by Crippen LogP contribution is -2.43. The fourth-order valence-corrected chi connectivity index (χ4v) is 1.74. The van der Waals surface area contributed by atoms with E-state index in [0.29, 0.717) is 18.6 Å². The molecule has 0 spiro atoms. The summed E-state index contributed by atoms with van der Waals surface area (Å²) >= 11 is 0. The van der Waals surface area contributed by atoms with Gasteiger partial charge >= 0.3 is 0 Å². The Morgan fingerprint density at radius 2 is 1.76 bits per heavy atom. The van der Waals surface area contributed by atoms with Gasteiger partial charge in [0.25, 0.3) is 0 Å².